The number of carbonyl (C=O) groups is 1. The summed E-state index contributed by atoms with van der Waals surface area (Å²) in [6.45, 7) is 2.27. The summed E-state index contributed by atoms with van der Waals surface area (Å²) in [4.78, 5) is 22.9. The van der Waals surface area contributed by atoms with Crippen molar-refractivity contribution in [2.45, 2.75) is 13.5 Å². The van der Waals surface area contributed by atoms with Gasteiger partial charge in [0.25, 0.3) is 11.6 Å². The summed E-state index contributed by atoms with van der Waals surface area (Å²) in [6.07, 6.45) is 1.40. The van der Waals surface area contributed by atoms with E-state index in [1.54, 1.807) is 31.2 Å². The number of carbonyl (C=O) groups excluding carboxylic acids is 1. The Kier molecular flexibility index (Phi) is 8.53. The van der Waals surface area contributed by atoms with Crippen LogP contribution in [-0.2, 0) is 11.4 Å². The van der Waals surface area contributed by atoms with E-state index in [9.17, 15) is 24.6 Å². The zero-order valence-corrected chi connectivity index (χ0v) is 20.0. The minimum atomic E-state index is -0.647. The van der Waals surface area contributed by atoms with Gasteiger partial charge in [-0.15, -0.1) is 0 Å². The second kappa shape index (κ2) is 11.8. The molecule has 0 bridgehead atoms. The maximum Gasteiger partial charge on any atom is 0.269 e. The average Bonchev–Trinajstić information content (AvgIpc) is 2.83. The summed E-state index contributed by atoms with van der Waals surface area (Å²) in [7, 11) is 0. The van der Waals surface area contributed by atoms with E-state index in [0.29, 0.717) is 33.8 Å². The third-order valence-corrected chi connectivity index (χ3v) is 5.23. The molecule has 0 spiro atoms. The van der Waals surface area contributed by atoms with Gasteiger partial charge in [-0.25, -0.2) is 4.39 Å². The van der Waals surface area contributed by atoms with Gasteiger partial charge in [-0.2, -0.15) is 5.26 Å². The molecule has 0 unspecified atom stereocenters. The second-order valence-corrected chi connectivity index (χ2v) is 7.96. The van der Waals surface area contributed by atoms with Crippen LogP contribution in [0.3, 0.4) is 0 Å². The van der Waals surface area contributed by atoms with Crippen molar-refractivity contribution in [2.75, 3.05) is 11.9 Å². The number of amides is 1. The highest BCUT2D eigenvalue weighted by atomic mass is 79.9. The number of hydrogen-bond acceptors (Lipinski definition) is 6. The summed E-state index contributed by atoms with van der Waals surface area (Å²) in [5.41, 5.74) is 1.40. The molecule has 0 saturated carbocycles. The maximum atomic E-state index is 13.1. The van der Waals surface area contributed by atoms with Crippen molar-refractivity contribution in [2.24, 2.45) is 0 Å². The highest BCUT2D eigenvalue weighted by Gasteiger charge is 2.15. The molecule has 0 radical (unpaired) electrons. The van der Waals surface area contributed by atoms with Gasteiger partial charge in [0.2, 0.25) is 0 Å². The summed E-state index contributed by atoms with van der Waals surface area (Å²) in [5, 5.41) is 22.9. The van der Waals surface area contributed by atoms with Gasteiger partial charge in [0.1, 0.15) is 24.1 Å². The van der Waals surface area contributed by atoms with Crippen molar-refractivity contribution in [1.82, 2.24) is 0 Å². The number of benzene rings is 3. The van der Waals surface area contributed by atoms with E-state index in [0.717, 1.165) is 5.56 Å². The van der Waals surface area contributed by atoms with Crippen molar-refractivity contribution in [3.63, 3.8) is 0 Å². The van der Waals surface area contributed by atoms with Crippen molar-refractivity contribution >= 4 is 39.3 Å². The summed E-state index contributed by atoms with van der Waals surface area (Å²) < 4.78 is 25.2. The van der Waals surface area contributed by atoms with Gasteiger partial charge >= 0.3 is 0 Å². The van der Waals surface area contributed by atoms with Gasteiger partial charge in [-0.1, -0.05) is 0 Å². The SMILES string of the molecule is CCOc1cc(/C=C(/C#N)C(=O)Nc2ccc(F)cc2)cc(Br)c1OCc1ccc([N+](=O)[O-])cc1. The molecule has 1 N–H and O–H groups in total. The summed E-state index contributed by atoms with van der Waals surface area (Å²) >= 11 is 3.44. The number of non-ortho nitro benzene ring substituents is 1. The third-order valence-electron chi connectivity index (χ3n) is 4.64. The van der Waals surface area contributed by atoms with Crippen LogP contribution in [0, 0.1) is 27.3 Å². The Morgan fingerprint density at radius 1 is 1.17 bits per heavy atom. The van der Waals surface area contributed by atoms with Crippen LogP contribution in [-0.4, -0.2) is 17.4 Å². The van der Waals surface area contributed by atoms with Crippen LogP contribution in [0.2, 0.25) is 0 Å². The first-order valence-electron chi connectivity index (χ1n) is 10.3. The van der Waals surface area contributed by atoms with Gasteiger partial charge in [0, 0.05) is 17.8 Å². The monoisotopic (exact) mass is 539 g/mol. The van der Waals surface area contributed by atoms with Crippen molar-refractivity contribution in [1.29, 1.82) is 5.26 Å². The predicted molar refractivity (Wildman–Crippen MR) is 131 cm³/mol. The second-order valence-electron chi connectivity index (χ2n) is 7.11. The number of ether oxygens (including phenoxy) is 2. The molecule has 0 saturated heterocycles. The molecule has 3 aromatic rings. The largest absolute Gasteiger partial charge is 0.490 e. The molecule has 178 valence electrons. The van der Waals surface area contributed by atoms with E-state index in [-0.39, 0.29) is 17.9 Å². The van der Waals surface area contributed by atoms with Gasteiger partial charge in [-0.05, 0) is 88.6 Å². The van der Waals surface area contributed by atoms with E-state index in [4.69, 9.17) is 9.47 Å². The van der Waals surface area contributed by atoms with E-state index >= 15 is 0 Å². The number of halogens is 2. The molecule has 10 heteroatoms. The number of nitriles is 1. The van der Waals surface area contributed by atoms with Crippen LogP contribution in [0.1, 0.15) is 18.1 Å². The minimum absolute atomic E-state index is 0.0159. The lowest BCUT2D eigenvalue weighted by molar-refractivity contribution is -0.384. The molecule has 8 nitrogen and oxygen atoms in total. The van der Waals surface area contributed by atoms with Crippen LogP contribution in [0.25, 0.3) is 6.08 Å². The Bertz CT molecular complexity index is 1300. The topological polar surface area (TPSA) is 114 Å². The zero-order valence-electron chi connectivity index (χ0n) is 18.5. The normalized spacial score (nSPS) is 10.9. The Labute approximate surface area is 208 Å². The Morgan fingerprint density at radius 3 is 2.46 bits per heavy atom. The molecule has 0 aliphatic rings. The Balaban J connectivity index is 1.81. The van der Waals surface area contributed by atoms with E-state index < -0.39 is 16.6 Å². The smallest absolute Gasteiger partial charge is 0.269 e. The van der Waals surface area contributed by atoms with E-state index in [1.807, 2.05) is 6.07 Å². The standard InChI is InChI=1S/C25H19BrFN3O5/c1-2-34-23-13-17(11-18(14-28)25(31)29-20-7-5-19(27)6-8-20)12-22(26)24(23)35-15-16-3-9-21(10-4-16)30(32)33/h3-13H,2,15H2,1H3,(H,29,31)/b18-11-. The molecule has 0 aromatic heterocycles. The fourth-order valence-corrected chi connectivity index (χ4v) is 3.56. The molecule has 1 amide bonds. The fourth-order valence-electron chi connectivity index (χ4n) is 2.99. The molecule has 0 aliphatic carbocycles. The summed E-state index contributed by atoms with van der Waals surface area (Å²) in [6, 6.07) is 16.3. The van der Waals surface area contributed by atoms with Gasteiger partial charge < -0.3 is 14.8 Å². The third kappa shape index (κ3) is 6.88. The fraction of sp³-hybridized carbons (Fsp3) is 0.120. The first kappa shape index (κ1) is 25.4. The number of nitro groups is 1. The molecule has 0 atom stereocenters. The molecule has 35 heavy (non-hydrogen) atoms. The highest BCUT2D eigenvalue weighted by molar-refractivity contribution is 9.10. The van der Waals surface area contributed by atoms with Crippen molar-refractivity contribution in [3.05, 3.63) is 97.8 Å². The van der Waals surface area contributed by atoms with Gasteiger partial charge in [0.05, 0.1) is 16.0 Å². The first-order valence-corrected chi connectivity index (χ1v) is 11.1. The molecule has 3 rings (SSSR count). The van der Waals surface area contributed by atoms with Crippen molar-refractivity contribution in [3.8, 4) is 17.6 Å². The Hall–Kier alpha value is -4.23. The number of nitrogens with one attached hydrogen (secondary N) is 1. The lowest BCUT2D eigenvalue weighted by Crippen LogP contribution is -2.13. The number of nitrogens with zero attached hydrogens (tertiary/aromatic N) is 2. The van der Waals surface area contributed by atoms with E-state index in [2.05, 4.69) is 21.2 Å². The number of nitro benzene ring substituents is 1. The quantitative estimate of drug-likeness (QED) is 0.154. The molecule has 0 fully saturated rings. The number of anilines is 1. The molecule has 0 heterocycles. The number of rotatable bonds is 9. The van der Waals surface area contributed by atoms with Crippen molar-refractivity contribution < 1.29 is 23.6 Å². The minimum Gasteiger partial charge on any atom is -0.490 e. The Morgan fingerprint density at radius 2 is 1.86 bits per heavy atom. The van der Waals surface area contributed by atoms with E-state index in [1.165, 1.54) is 42.5 Å². The van der Waals surface area contributed by atoms with Crippen LogP contribution >= 0.6 is 15.9 Å². The highest BCUT2D eigenvalue weighted by Crippen LogP contribution is 2.38. The van der Waals surface area contributed by atoms with Gasteiger partial charge in [0.15, 0.2) is 11.5 Å². The lowest BCUT2D eigenvalue weighted by Gasteiger charge is -2.15. The van der Waals surface area contributed by atoms with Gasteiger partial charge in [-0.3, -0.25) is 14.9 Å². The molecule has 3 aromatic carbocycles. The van der Waals surface area contributed by atoms with Crippen LogP contribution in [0.4, 0.5) is 15.8 Å². The zero-order chi connectivity index (χ0) is 25.4. The summed E-state index contributed by atoms with van der Waals surface area (Å²) in [5.74, 6) is -0.308. The number of hydrogen-bond donors (Lipinski definition) is 1. The molecular weight excluding hydrogens is 521 g/mol. The maximum absolute atomic E-state index is 13.1. The van der Waals surface area contributed by atoms with Crippen LogP contribution in [0.15, 0.2) is 70.7 Å². The molecule has 0 aliphatic heterocycles. The average molecular weight is 540 g/mol. The van der Waals surface area contributed by atoms with Crippen LogP contribution < -0.4 is 14.8 Å². The first-order chi connectivity index (χ1) is 16.8. The predicted octanol–water partition coefficient (Wildman–Crippen LogP) is 6.02. The lowest BCUT2D eigenvalue weighted by atomic mass is 10.1. The van der Waals surface area contributed by atoms with Crippen LogP contribution in [0.5, 0.6) is 11.5 Å². The molecular formula is C25H19BrFN3O5.